The van der Waals surface area contributed by atoms with Crippen molar-refractivity contribution in [1.82, 2.24) is 0 Å². The van der Waals surface area contributed by atoms with E-state index in [2.05, 4.69) is 48.9 Å². The zero-order valence-electron chi connectivity index (χ0n) is 10.3. The molecule has 0 aliphatic heterocycles. The van der Waals surface area contributed by atoms with E-state index >= 15 is 0 Å². The van der Waals surface area contributed by atoms with Crippen LogP contribution in [0.2, 0.25) is 0 Å². The van der Waals surface area contributed by atoms with E-state index in [4.69, 9.17) is 4.74 Å². The van der Waals surface area contributed by atoms with Crippen LogP contribution in [0.25, 0.3) is 0 Å². The number of rotatable bonds is 3. The summed E-state index contributed by atoms with van der Waals surface area (Å²) in [7, 11) is 0. The summed E-state index contributed by atoms with van der Waals surface area (Å²) in [5.74, 6) is 0.0359. The Morgan fingerprint density at radius 2 is 2.25 bits per heavy atom. The molecule has 0 bridgehead atoms. The third-order valence-corrected chi connectivity index (χ3v) is 4.98. The highest BCUT2D eigenvalue weighted by molar-refractivity contribution is 9.11. The summed E-state index contributed by atoms with van der Waals surface area (Å²) >= 11 is 3.67. The number of halogens is 1. The number of ether oxygens (including phenoxy) is 1. The van der Waals surface area contributed by atoms with Crippen molar-refractivity contribution in [3.05, 3.63) is 22.2 Å². The molecule has 1 rings (SSSR count). The molecule has 3 heteroatoms. The lowest BCUT2D eigenvalue weighted by Crippen LogP contribution is -2.32. The summed E-state index contributed by atoms with van der Waals surface area (Å²) in [6, 6.07) is 0. The van der Waals surface area contributed by atoms with Gasteiger partial charge in [-0.1, -0.05) is 41.9 Å². The van der Waals surface area contributed by atoms with Gasteiger partial charge in [0.25, 0.3) is 0 Å². The molecule has 2 nitrogen and oxygen atoms in total. The molecular weight excluding hydrogens is 268 g/mol. The second-order valence-electron chi connectivity index (χ2n) is 4.54. The van der Waals surface area contributed by atoms with Gasteiger partial charge in [0.15, 0.2) is 0 Å². The number of hydrogen-bond donors (Lipinski definition) is 0. The fraction of sp³-hybridized carbons (Fsp3) is 0.615. The third-order valence-electron chi connectivity index (χ3n) is 3.45. The van der Waals surface area contributed by atoms with Crippen LogP contribution in [-0.4, -0.2) is 12.6 Å². The van der Waals surface area contributed by atoms with Gasteiger partial charge in [0.05, 0.1) is 6.61 Å². The molecule has 0 N–H and O–H groups in total. The Hall–Kier alpha value is -0.570. The first kappa shape index (κ1) is 13.5. The Bertz CT molecular complexity index is 344. The minimum atomic E-state index is -0.214. The largest absolute Gasteiger partial charge is 0.465 e. The molecule has 0 fully saturated rings. The molecule has 1 aliphatic carbocycles. The van der Waals surface area contributed by atoms with E-state index in [1.807, 2.05) is 0 Å². The van der Waals surface area contributed by atoms with Crippen LogP contribution in [0.4, 0.5) is 0 Å². The number of carbonyl (C=O) groups excluding carboxylic acids is 1. The standard InChI is InChI=1S/C13H19BrO2/c1-5-13(4)11(8-16-10(3)15)7-6-9(2)12(13)14/h6-7,11H,5,8H2,1-4H3. The molecule has 0 heterocycles. The molecule has 0 aromatic rings. The normalized spacial score (nSPS) is 29.4. The topological polar surface area (TPSA) is 26.3 Å². The monoisotopic (exact) mass is 286 g/mol. The predicted octanol–water partition coefficient (Wildman–Crippen LogP) is 3.82. The zero-order valence-corrected chi connectivity index (χ0v) is 11.9. The van der Waals surface area contributed by atoms with Crippen LogP contribution in [0.5, 0.6) is 0 Å². The number of hydrogen-bond acceptors (Lipinski definition) is 2. The van der Waals surface area contributed by atoms with Gasteiger partial charge >= 0.3 is 5.97 Å². The maximum absolute atomic E-state index is 10.9. The first-order chi connectivity index (χ1) is 7.41. The SMILES string of the molecule is CCC1(C)C(Br)=C(C)C=CC1COC(C)=O. The van der Waals surface area contributed by atoms with Crippen molar-refractivity contribution in [2.45, 2.75) is 34.1 Å². The van der Waals surface area contributed by atoms with Gasteiger partial charge in [0.1, 0.15) is 0 Å². The van der Waals surface area contributed by atoms with Gasteiger partial charge in [-0.2, -0.15) is 0 Å². The van der Waals surface area contributed by atoms with Gasteiger partial charge in [0, 0.05) is 22.7 Å². The molecule has 0 saturated heterocycles. The molecule has 2 unspecified atom stereocenters. The first-order valence-electron chi connectivity index (χ1n) is 5.60. The number of carbonyl (C=O) groups is 1. The zero-order chi connectivity index (χ0) is 12.3. The maximum atomic E-state index is 10.9. The van der Waals surface area contributed by atoms with Crippen LogP contribution in [0.1, 0.15) is 34.1 Å². The van der Waals surface area contributed by atoms with Crippen molar-refractivity contribution < 1.29 is 9.53 Å². The lowest BCUT2D eigenvalue weighted by molar-refractivity contribution is -0.142. The van der Waals surface area contributed by atoms with E-state index in [-0.39, 0.29) is 17.3 Å². The van der Waals surface area contributed by atoms with Gasteiger partial charge in [0.2, 0.25) is 0 Å². The summed E-state index contributed by atoms with van der Waals surface area (Å²) in [6.07, 6.45) is 5.25. The highest BCUT2D eigenvalue weighted by atomic mass is 79.9. The van der Waals surface area contributed by atoms with Crippen LogP contribution >= 0.6 is 15.9 Å². The molecule has 0 aromatic heterocycles. The maximum Gasteiger partial charge on any atom is 0.302 e. The summed E-state index contributed by atoms with van der Waals surface area (Å²) in [6.45, 7) is 8.37. The summed E-state index contributed by atoms with van der Waals surface area (Å²) in [5, 5.41) is 0. The Morgan fingerprint density at radius 3 is 2.75 bits per heavy atom. The highest BCUT2D eigenvalue weighted by Crippen LogP contribution is 2.47. The van der Waals surface area contributed by atoms with Gasteiger partial charge in [-0.25, -0.2) is 0 Å². The molecule has 0 spiro atoms. The average molecular weight is 287 g/mol. The minimum absolute atomic E-state index is 0.0360. The lowest BCUT2D eigenvalue weighted by Gasteiger charge is -2.38. The van der Waals surface area contributed by atoms with Crippen LogP contribution in [0, 0.1) is 11.3 Å². The second-order valence-corrected chi connectivity index (χ2v) is 5.33. The molecule has 2 atom stereocenters. The van der Waals surface area contributed by atoms with Crippen molar-refractivity contribution in [3.63, 3.8) is 0 Å². The Kier molecular flexibility index (Phi) is 4.36. The first-order valence-corrected chi connectivity index (χ1v) is 6.39. The van der Waals surface area contributed by atoms with Crippen LogP contribution < -0.4 is 0 Å². The number of allylic oxidation sites excluding steroid dienone is 3. The molecule has 0 saturated carbocycles. The summed E-state index contributed by atoms with van der Waals surface area (Å²) in [4.78, 5) is 10.9. The van der Waals surface area contributed by atoms with Crippen LogP contribution in [0.15, 0.2) is 22.2 Å². The van der Waals surface area contributed by atoms with E-state index in [1.54, 1.807) is 0 Å². The van der Waals surface area contributed by atoms with Gasteiger partial charge < -0.3 is 4.74 Å². The Balaban J connectivity index is 2.87. The van der Waals surface area contributed by atoms with Crippen molar-refractivity contribution >= 4 is 21.9 Å². The quantitative estimate of drug-likeness (QED) is 0.738. The van der Waals surface area contributed by atoms with Crippen molar-refractivity contribution in [1.29, 1.82) is 0 Å². The van der Waals surface area contributed by atoms with E-state index in [9.17, 15) is 4.79 Å². The Morgan fingerprint density at radius 1 is 1.62 bits per heavy atom. The molecule has 0 aromatic carbocycles. The van der Waals surface area contributed by atoms with E-state index in [1.165, 1.54) is 17.0 Å². The van der Waals surface area contributed by atoms with Crippen molar-refractivity contribution in [2.24, 2.45) is 11.3 Å². The average Bonchev–Trinajstić information content (AvgIpc) is 2.24. The molecule has 0 amide bonds. The second kappa shape index (κ2) is 5.17. The van der Waals surface area contributed by atoms with E-state index in [0.29, 0.717) is 6.61 Å². The molecule has 1 aliphatic rings. The highest BCUT2D eigenvalue weighted by Gasteiger charge is 2.37. The van der Waals surface area contributed by atoms with Crippen LogP contribution in [-0.2, 0) is 9.53 Å². The van der Waals surface area contributed by atoms with E-state index in [0.717, 1.165) is 6.42 Å². The van der Waals surface area contributed by atoms with Gasteiger partial charge in [-0.05, 0) is 18.9 Å². The summed E-state index contributed by atoms with van der Waals surface area (Å²) in [5.41, 5.74) is 1.29. The predicted molar refractivity (Wildman–Crippen MR) is 69.3 cm³/mol. The molecule has 90 valence electrons. The Labute approximate surface area is 106 Å². The number of esters is 1. The minimum Gasteiger partial charge on any atom is -0.465 e. The molecule has 0 radical (unpaired) electrons. The van der Waals surface area contributed by atoms with Gasteiger partial charge in [-0.3, -0.25) is 4.79 Å². The molecule has 16 heavy (non-hydrogen) atoms. The third kappa shape index (κ3) is 2.57. The van der Waals surface area contributed by atoms with Crippen LogP contribution in [0.3, 0.4) is 0 Å². The van der Waals surface area contributed by atoms with E-state index < -0.39 is 0 Å². The van der Waals surface area contributed by atoms with Crippen molar-refractivity contribution in [3.8, 4) is 0 Å². The smallest absolute Gasteiger partial charge is 0.302 e. The molecular formula is C13H19BrO2. The lowest BCUT2D eigenvalue weighted by atomic mass is 9.71. The van der Waals surface area contributed by atoms with Gasteiger partial charge in [-0.15, -0.1) is 0 Å². The summed E-state index contributed by atoms with van der Waals surface area (Å²) < 4.78 is 6.35. The van der Waals surface area contributed by atoms with Crippen molar-refractivity contribution in [2.75, 3.05) is 6.61 Å². The fourth-order valence-corrected chi connectivity index (χ4v) is 2.73. The fourth-order valence-electron chi connectivity index (χ4n) is 2.02.